The largest absolute Gasteiger partial charge is 0.416 e. The molecule has 1 fully saturated rings. The minimum absolute atomic E-state index is 0.221. The summed E-state index contributed by atoms with van der Waals surface area (Å²) in [4.78, 5) is 4.24. The van der Waals surface area contributed by atoms with Crippen molar-refractivity contribution < 1.29 is 18.3 Å². The number of hydrogen-bond donors (Lipinski definition) is 2. The molecule has 0 bridgehead atoms. The Balaban J connectivity index is 1.65. The van der Waals surface area contributed by atoms with E-state index in [1.54, 1.807) is 16.6 Å². The highest BCUT2D eigenvalue weighted by molar-refractivity contribution is 5.64. The molecule has 2 heterocycles. The molecule has 4 rings (SSSR count). The van der Waals surface area contributed by atoms with Gasteiger partial charge in [-0.25, -0.2) is 9.50 Å². The van der Waals surface area contributed by atoms with Crippen molar-refractivity contribution in [2.75, 3.05) is 5.32 Å². The number of fused-ring (bicyclic) bond motifs is 1. The first-order valence-corrected chi connectivity index (χ1v) is 8.87. The highest BCUT2D eigenvalue weighted by atomic mass is 19.4. The minimum atomic E-state index is -4.40. The third-order valence-electron chi connectivity index (χ3n) is 4.90. The van der Waals surface area contributed by atoms with Gasteiger partial charge in [0.05, 0.1) is 23.6 Å². The molecule has 0 unspecified atom stereocenters. The molecule has 0 spiro atoms. The summed E-state index contributed by atoms with van der Waals surface area (Å²) in [6, 6.07) is 8.96. The number of alkyl halides is 3. The van der Waals surface area contributed by atoms with Gasteiger partial charge in [0.2, 0.25) is 0 Å². The van der Waals surface area contributed by atoms with Gasteiger partial charge in [-0.1, -0.05) is 12.1 Å². The summed E-state index contributed by atoms with van der Waals surface area (Å²) in [6.07, 6.45) is 0.0952. The molecule has 0 aliphatic heterocycles. The van der Waals surface area contributed by atoms with Crippen LogP contribution in [-0.2, 0) is 6.18 Å². The molecule has 0 radical (unpaired) electrons. The monoisotopic (exact) mass is 376 g/mol. The van der Waals surface area contributed by atoms with Gasteiger partial charge in [-0.3, -0.25) is 0 Å². The van der Waals surface area contributed by atoms with E-state index < -0.39 is 11.7 Å². The lowest BCUT2D eigenvalue weighted by molar-refractivity contribution is -0.137. The van der Waals surface area contributed by atoms with E-state index >= 15 is 0 Å². The first-order chi connectivity index (χ1) is 12.9. The Labute approximate surface area is 153 Å². The van der Waals surface area contributed by atoms with Crippen LogP contribution in [-0.4, -0.2) is 31.9 Å². The zero-order valence-electron chi connectivity index (χ0n) is 14.4. The maximum absolute atomic E-state index is 13.0. The fourth-order valence-corrected chi connectivity index (χ4v) is 3.43. The lowest BCUT2D eigenvalue weighted by Gasteiger charge is -2.26. The Morgan fingerprint density at radius 3 is 2.59 bits per heavy atom. The predicted octanol–water partition coefficient (Wildman–Crippen LogP) is 4.13. The lowest BCUT2D eigenvalue weighted by Crippen LogP contribution is -2.28. The van der Waals surface area contributed by atoms with Crippen LogP contribution in [0.3, 0.4) is 0 Å². The Hall–Kier alpha value is -2.61. The second-order valence-corrected chi connectivity index (χ2v) is 6.86. The molecule has 0 saturated heterocycles. The number of rotatable bonds is 3. The number of imidazole rings is 1. The van der Waals surface area contributed by atoms with Crippen molar-refractivity contribution in [1.82, 2.24) is 14.6 Å². The smallest absolute Gasteiger partial charge is 0.393 e. The van der Waals surface area contributed by atoms with Gasteiger partial charge in [-0.05, 0) is 49.9 Å². The number of aliphatic hydroxyl groups is 1. The fraction of sp³-hybridized carbons (Fsp3) is 0.368. The third-order valence-corrected chi connectivity index (χ3v) is 4.90. The van der Waals surface area contributed by atoms with E-state index in [1.165, 1.54) is 12.3 Å². The average Bonchev–Trinajstić information content (AvgIpc) is 3.06. The summed E-state index contributed by atoms with van der Waals surface area (Å²) in [5, 5.41) is 17.5. The fourth-order valence-electron chi connectivity index (χ4n) is 3.43. The van der Waals surface area contributed by atoms with Crippen LogP contribution < -0.4 is 5.32 Å². The summed E-state index contributed by atoms with van der Waals surface area (Å²) in [5.41, 5.74) is 0.763. The number of nitrogens with one attached hydrogen (secondary N) is 1. The molecule has 0 amide bonds. The Morgan fingerprint density at radius 2 is 1.85 bits per heavy atom. The van der Waals surface area contributed by atoms with E-state index in [-0.39, 0.29) is 12.1 Å². The quantitative estimate of drug-likeness (QED) is 0.722. The van der Waals surface area contributed by atoms with Crippen molar-refractivity contribution in [3.8, 4) is 11.3 Å². The average molecular weight is 376 g/mol. The van der Waals surface area contributed by atoms with Crippen LogP contribution in [0.2, 0.25) is 0 Å². The summed E-state index contributed by atoms with van der Waals surface area (Å²) >= 11 is 0. The number of nitrogens with zero attached hydrogens (tertiary/aromatic N) is 3. The van der Waals surface area contributed by atoms with Crippen LogP contribution in [0.4, 0.5) is 19.0 Å². The van der Waals surface area contributed by atoms with Gasteiger partial charge < -0.3 is 10.4 Å². The van der Waals surface area contributed by atoms with Gasteiger partial charge in [0.15, 0.2) is 5.65 Å². The molecule has 1 aliphatic carbocycles. The topological polar surface area (TPSA) is 62.5 Å². The molecule has 1 saturated carbocycles. The highest BCUT2D eigenvalue weighted by Gasteiger charge is 2.30. The number of hydrogen-bond acceptors (Lipinski definition) is 4. The van der Waals surface area contributed by atoms with Crippen LogP contribution in [0, 0.1) is 0 Å². The van der Waals surface area contributed by atoms with Gasteiger partial charge >= 0.3 is 6.18 Å². The number of halogens is 3. The summed E-state index contributed by atoms with van der Waals surface area (Å²) in [7, 11) is 0. The Morgan fingerprint density at radius 1 is 1.07 bits per heavy atom. The lowest BCUT2D eigenvalue weighted by atomic mass is 9.93. The van der Waals surface area contributed by atoms with Crippen LogP contribution in [0.5, 0.6) is 0 Å². The van der Waals surface area contributed by atoms with Gasteiger partial charge in [0.25, 0.3) is 0 Å². The summed E-state index contributed by atoms with van der Waals surface area (Å²) < 4.78 is 40.6. The number of aromatic nitrogens is 3. The first-order valence-electron chi connectivity index (χ1n) is 8.87. The maximum atomic E-state index is 13.0. The maximum Gasteiger partial charge on any atom is 0.416 e. The molecule has 5 nitrogen and oxygen atoms in total. The standard InChI is InChI=1S/C19H19F3N4O/c20-19(21,22)13-3-1-2-12(10-13)16-11-23-18-9-8-17(25-26(16)18)24-14-4-6-15(27)7-5-14/h1-3,8-11,14-15,27H,4-7H2,(H,24,25)/t14-,15-. The number of aliphatic hydroxyl groups excluding tert-OH is 1. The molecular formula is C19H19F3N4O. The van der Waals surface area contributed by atoms with Gasteiger partial charge in [0, 0.05) is 11.6 Å². The SMILES string of the molecule is O[C@H]1CC[C@H](Nc2ccc3ncc(-c4cccc(C(F)(F)F)c4)n3n2)CC1. The predicted molar refractivity (Wildman–Crippen MR) is 95.3 cm³/mol. The summed E-state index contributed by atoms with van der Waals surface area (Å²) in [5.74, 6) is 0.634. The van der Waals surface area contributed by atoms with E-state index in [1.807, 2.05) is 6.07 Å². The van der Waals surface area contributed by atoms with Crippen LogP contribution in [0.1, 0.15) is 31.2 Å². The van der Waals surface area contributed by atoms with Gasteiger partial charge in [-0.2, -0.15) is 13.2 Å². The van der Waals surface area contributed by atoms with Crippen molar-refractivity contribution in [3.05, 3.63) is 48.2 Å². The van der Waals surface area contributed by atoms with Crippen LogP contribution in [0.15, 0.2) is 42.6 Å². The molecule has 2 N–H and O–H groups in total. The Kier molecular flexibility index (Phi) is 4.51. The van der Waals surface area contributed by atoms with Crippen molar-refractivity contribution in [3.63, 3.8) is 0 Å². The second kappa shape index (κ2) is 6.84. The van der Waals surface area contributed by atoms with E-state index in [0.29, 0.717) is 22.7 Å². The molecule has 0 atom stereocenters. The molecule has 1 aromatic carbocycles. The van der Waals surface area contributed by atoms with Crippen molar-refractivity contribution in [2.24, 2.45) is 0 Å². The molecular weight excluding hydrogens is 357 g/mol. The third kappa shape index (κ3) is 3.75. The molecule has 2 aromatic heterocycles. The number of benzene rings is 1. The van der Waals surface area contributed by atoms with Crippen molar-refractivity contribution in [2.45, 2.75) is 44.0 Å². The van der Waals surface area contributed by atoms with E-state index in [4.69, 9.17) is 0 Å². The second-order valence-electron chi connectivity index (χ2n) is 6.86. The van der Waals surface area contributed by atoms with Gasteiger partial charge in [0.1, 0.15) is 5.82 Å². The number of anilines is 1. The normalized spacial score (nSPS) is 20.7. The molecule has 8 heteroatoms. The molecule has 142 valence electrons. The van der Waals surface area contributed by atoms with Crippen LogP contribution >= 0.6 is 0 Å². The zero-order chi connectivity index (χ0) is 19.0. The van der Waals surface area contributed by atoms with Crippen molar-refractivity contribution in [1.29, 1.82) is 0 Å². The highest BCUT2D eigenvalue weighted by Crippen LogP contribution is 2.32. The van der Waals surface area contributed by atoms with E-state index in [2.05, 4.69) is 15.4 Å². The van der Waals surface area contributed by atoms with E-state index in [0.717, 1.165) is 37.8 Å². The summed E-state index contributed by atoms with van der Waals surface area (Å²) in [6.45, 7) is 0. The zero-order valence-corrected chi connectivity index (χ0v) is 14.4. The van der Waals surface area contributed by atoms with Crippen LogP contribution in [0.25, 0.3) is 16.9 Å². The Bertz CT molecular complexity index is 946. The van der Waals surface area contributed by atoms with Crippen molar-refractivity contribution >= 4 is 11.5 Å². The molecule has 1 aliphatic rings. The molecule has 27 heavy (non-hydrogen) atoms. The van der Waals surface area contributed by atoms with Gasteiger partial charge in [-0.15, -0.1) is 5.10 Å². The first kappa shape index (κ1) is 17.8. The molecule has 3 aromatic rings. The van der Waals surface area contributed by atoms with E-state index in [9.17, 15) is 18.3 Å². The minimum Gasteiger partial charge on any atom is -0.393 e.